The van der Waals surface area contributed by atoms with Gasteiger partial charge in [-0.15, -0.1) is 11.3 Å². The van der Waals surface area contributed by atoms with E-state index >= 15 is 0 Å². The van der Waals surface area contributed by atoms with Gasteiger partial charge >= 0.3 is 0 Å². The maximum absolute atomic E-state index is 13.3. The Morgan fingerprint density at radius 2 is 1.80 bits per heavy atom. The zero-order chi connectivity index (χ0) is 21.0. The molecule has 1 aliphatic heterocycles. The van der Waals surface area contributed by atoms with E-state index in [1.807, 2.05) is 17.0 Å². The lowest BCUT2D eigenvalue weighted by molar-refractivity contribution is 0.0681. The number of hydrogen-bond acceptors (Lipinski definition) is 5. The normalized spacial score (nSPS) is 17.3. The Labute approximate surface area is 180 Å². The molecular weight excluding hydrogens is 418 g/mol. The van der Waals surface area contributed by atoms with Gasteiger partial charge in [0.05, 0.1) is 6.04 Å². The summed E-state index contributed by atoms with van der Waals surface area (Å²) in [6.07, 6.45) is 7.62. The molecule has 1 N–H and O–H groups in total. The lowest BCUT2D eigenvalue weighted by Crippen LogP contribution is -2.34. The molecule has 1 aliphatic rings. The molecule has 1 amide bonds. The third-order valence-corrected chi connectivity index (χ3v) is 8.03. The second-order valence-electron chi connectivity index (χ2n) is 7.26. The lowest BCUT2D eigenvalue weighted by atomic mass is 10.0. The molecule has 156 valence electrons. The molecule has 4 rings (SSSR count). The number of rotatable bonds is 5. The van der Waals surface area contributed by atoms with Crippen molar-refractivity contribution < 1.29 is 13.2 Å². The number of nitrogens with one attached hydrogen (secondary N) is 1. The number of amides is 1. The van der Waals surface area contributed by atoms with E-state index in [9.17, 15) is 13.2 Å². The van der Waals surface area contributed by atoms with Gasteiger partial charge in [0.2, 0.25) is 0 Å². The number of anilines is 1. The standard InChI is InChI=1S/C22H23N3O3S2/c26-22(25-15-3-1-2-5-20(25)17-11-13-23-14-12-17)18-7-9-19(10-8-18)24-30(27,28)21-6-4-16-29-21/h4,6-14,16,20,24H,1-3,5,15H2. The fraction of sp³-hybridized carbons (Fsp3) is 0.273. The largest absolute Gasteiger partial charge is 0.332 e. The van der Waals surface area contributed by atoms with E-state index < -0.39 is 10.0 Å². The van der Waals surface area contributed by atoms with Gasteiger partial charge in [-0.05, 0) is 66.2 Å². The average molecular weight is 442 g/mol. The highest BCUT2D eigenvalue weighted by molar-refractivity contribution is 7.94. The number of hydrogen-bond donors (Lipinski definition) is 1. The molecule has 0 bridgehead atoms. The maximum atomic E-state index is 13.3. The summed E-state index contributed by atoms with van der Waals surface area (Å²) in [5, 5.41) is 1.72. The molecule has 0 radical (unpaired) electrons. The first-order chi connectivity index (χ1) is 14.5. The number of carbonyl (C=O) groups excluding carboxylic acids is 1. The van der Waals surface area contributed by atoms with Crippen molar-refractivity contribution in [1.29, 1.82) is 0 Å². The van der Waals surface area contributed by atoms with Crippen molar-refractivity contribution >= 4 is 33.0 Å². The summed E-state index contributed by atoms with van der Waals surface area (Å²) in [7, 11) is -3.61. The Bertz CT molecular complexity index is 1080. The van der Waals surface area contributed by atoms with Gasteiger partial charge in [-0.3, -0.25) is 14.5 Å². The summed E-state index contributed by atoms with van der Waals surface area (Å²) in [6, 6.07) is 13.9. The van der Waals surface area contributed by atoms with Gasteiger partial charge in [0.15, 0.2) is 0 Å². The minimum atomic E-state index is -3.61. The minimum Gasteiger partial charge on any atom is -0.332 e. The molecule has 30 heavy (non-hydrogen) atoms. The van der Waals surface area contributed by atoms with Crippen molar-refractivity contribution in [1.82, 2.24) is 9.88 Å². The van der Waals surface area contributed by atoms with Crippen LogP contribution in [0.15, 0.2) is 70.5 Å². The summed E-state index contributed by atoms with van der Waals surface area (Å²) < 4.78 is 27.6. The SMILES string of the molecule is O=C(c1ccc(NS(=O)(=O)c2cccs2)cc1)N1CCCCCC1c1ccncc1. The van der Waals surface area contributed by atoms with Crippen LogP contribution in [0.4, 0.5) is 5.69 Å². The van der Waals surface area contributed by atoms with Crippen LogP contribution in [0.2, 0.25) is 0 Å². The van der Waals surface area contributed by atoms with Gasteiger partial charge in [-0.1, -0.05) is 18.9 Å². The Balaban J connectivity index is 1.53. The van der Waals surface area contributed by atoms with E-state index in [1.165, 1.54) is 0 Å². The summed E-state index contributed by atoms with van der Waals surface area (Å²) in [5.41, 5.74) is 2.08. The summed E-state index contributed by atoms with van der Waals surface area (Å²) >= 11 is 1.16. The number of carbonyl (C=O) groups is 1. The van der Waals surface area contributed by atoms with Crippen LogP contribution in [0.3, 0.4) is 0 Å². The smallest absolute Gasteiger partial charge is 0.271 e. The monoisotopic (exact) mass is 441 g/mol. The van der Waals surface area contributed by atoms with Crippen LogP contribution in [-0.2, 0) is 10.0 Å². The van der Waals surface area contributed by atoms with E-state index in [0.717, 1.165) is 42.6 Å². The predicted octanol–water partition coefficient (Wildman–Crippen LogP) is 4.70. The van der Waals surface area contributed by atoms with Crippen LogP contribution < -0.4 is 4.72 Å². The van der Waals surface area contributed by atoms with Crippen LogP contribution in [-0.4, -0.2) is 30.8 Å². The number of benzene rings is 1. The topological polar surface area (TPSA) is 79.4 Å². The molecule has 6 nitrogen and oxygen atoms in total. The zero-order valence-corrected chi connectivity index (χ0v) is 18.0. The minimum absolute atomic E-state index is 0.0278. The number of likely N-dealkylation sites (tertiary alicyclic amines) is 1. The molecule has 1 unspecified atom stereocenters. The number of pyridine rings is 1. The van der Waals surface area contributed by atoms with Gasteiger partial charge in [0.1, 0.15) is 4.21 Å². The van der Waals surface area contributed by atoms with Crippen molar-refractivity contribution in [3.05, 3.63) is 77.4 Å². The predicted molar refractivity (Wildman–Crippen MR) is 118 cm³/mol. The van der Waals surface area contributed by atoms with Crippen LogP contribution in [0.25, 0.3) is 0 Å². The van der Waals surface area contributed by atoms with Crippen molar-refractivity contribution in [2.24, 2.45) is 0 Å². The van der Waals surface area contributed by atoms with Crippen molar-refractivity contribution in [2.75, 3.05) is 11.3 Å². The Morgan fingerprint density at radius 1 is 1.03 bits per heavy atom. The van der Waals surface area contributed by atoms with E-state index in [0.29, 0.717) is 17.8 Å². The first-order valence-corrected chi connectivity index (χ1v) is 12.3. The molecule has 2 aromatic heterocycles. The Hall–Kier alpha value is -2.71. The first kappa shape index (κ1) is 20.6. The van der Waals surface area contributed by atoms with Crippen LogP contribution in [0.1, 0.15) is 47.6 Å². The van der Waals surface area contributed by atoms with Crippen LogP contribution in [0, 0.1) is 0 Å². The van der Waals surface area contributed by atoms with Gasteiger partial charge in [0.25, 0.3) is 15.9 Å². The summed E-state index contributed by atoms with van der Waals surface area (Å²) in [6.45, 7) is 0.707. The molecule has 0 aliphatic carbocycles. The Morgan fingerprint density at radius 3 is 2.50 bits per heavy atom. The fourth-order valence-corrected chi connectivity index (χ4v) is 5.80. The van der Waals surface area contributed by atoms with E-state index in [4.69, 9.17) is 0 Å². The highest BCUT2D eigenvalue weighted by atomic mass is 32.2. The van der Waals surface area contributed by atoms with E-state index in [2.05, 4.69) is 9.71 Å². The lowest BCUT2D eigenvalue weighted by Gasteiger charge is -2.30. The highest BCUT2D eigenvalue weighted by Gasteiger charge is 2.27. The third kappa shape index (κ3) is 4.55. The zero-order valence-electron chi connectivity index (χ0n) is 16.4. The van der Waals surface area contributed by atoms with Crippen molar-refractivity contribution in [2.45, 2.75) is 35.9 Å². The fourth-order valence-electron chi connectivity index (χ4n) is 3.75. The molecular formula is C22H23N3O3S2. The van der Waals surface area contributed by atoms with Gasteiger partial charge in [-0.2, -0.15) is 0 Å². The maximum Gasteiger partial charge on any atom is 0.271 e. The third-order valence-electron chi connectivity index (χ3n) is 5.25. The van der Waals surface area contributed by atoms with Gasteiger partial charge in [-0.25, -0.2) is 8.42 Å². The van der Waals surface area contributed by atoms with Crippen molar-refractivity contribution in [3.8, 4) is 0 Å². The van der Waals surface area contributed by atoms with E-state index in [1.54, 1.807) is 54.2 Å². The van der Waals surface area contributed by atoms with Gasteiger partial charge in [0, 0.05) is 30.2 Å². The summed E-state index contributed by atoms with van der Waals surface area (Å²) in [4.78, 5) is 19.3. The quantitative estimate of drug-likeness (QED) is 0.622. The number of nitrogens with zero attached hydrogens (tertiary/aromatic N) is 2. The molecule has 1 atom stereocenters. The van der Waals surface area contributed by atoms with E-state index in [-0.39, 0.29) is 16.2 Å². The molecule has 3 aromatic rings. The molecule has 1 saturated heterocycles. The summed E-state index contributed by atoms with van der Waals surface area (Å²) in [5.74, 6) is -0.0358. The average Bonchev–Trinajstić information content (AvgIpc) is 3.21. The van der Waals surface area contributed by atoms with Crippen LogP contribution in [0.5, 0.6) is 0 Å². The second-order valence-corrected chi connectivity index (χ2v) is 10.1. The molecule has 0 spiro atoms. The molecule has 0 saturated carbocycles. The first-order valence-electron chi connectivity index (χ1n) is 9.92. The Kier molecular flexibility index (Phi) is 6.15. The molecule has 1 fully saturated rings. The van der Waals surface area contributed by atoms with Gasteiger partial charge < -0.3 is 4.90 Å². The van der Waals surface area contributed by atoms with Crippen LogP contribution >= 0.6 is 11.3 Å². The number of thiophene rings is 1. The number of sulfonamides is 1. The van der Waals surface area contributed by atoms with Crippen molar-refractivity contribution in [3.63, 3.8) is 0 Å². The molecule has 3 heterocycles. The highest BCUT2D eigenvalue weighted by Crippen LogP contribution is 2.31. The number of aromatic nitrogens is 1. The molecule has 8 heteroatoms. The second kappa shape index (κ2) is 8.97. The molecule has 1 aromatic carbocycles.